The van der Waals surface area contributed by atoms with Crippen molar-refractivity contribution in [2.75, 3.05) is 23.9 Å². The molecule has 2 aromatic rings. The van der Waals surface area contributed by atoms with Crippen LogP contribution in [0.15, 0.2) is 30.3 Å². The minimum absolute atomic E-state index is 0.727. The third-order valence-electron chi connectivity index (χ3n) is 3.99. The van der Waals surface area contributed by atoms with Gasteiger partial charge in [-0.2, -0.15) is 0 Å². The molecule has 0 radical (unpaired) electrons. The van der Waals surface area contributed by atoms with Gasteiger partial charge >= 0.3 is 0 Å². The molecule has 0 amide bonds. The molecule has 0 N–H and O–H groups in total. The zero-order valence-corrected chi connectivity index (χ0v) is 12.0. The van der Waals surface area contributed by atoms with Crippen LogP contribution in [0.4, 0.5) is 5.82 Å². The number of para-hydroxylation sites is 1. The fourth-order valence-corrected chi connectivity index (χ4v) is 3.26. The molecule has 2 heterocycles. The number of hydrogen-bond acceptors (Lipinski definition) is 2. The molecule has 1 saturated heterocycles. The molecule has 1 aliphatic rings. The maximum Gasteiger partial charge on any atom is 0.132 e. The van der Waals surface area contributed by atoms with Gasteiger partial charge in [-0.05, 0) is 43.4 Å². The van der Waals surface area contributed by atoms with Crippen molar-refractivity contribution in [1.29, 1.82) is 0 Å². The fourth-order valence-electron chi connectivity index (χ4n) is 2.95. The molecule has 1 aliphatic heterocycles. The number of nitrogens with zero attached hydrogens (tertiary/aromatic N) is 2. The van der Waals surface area contributed by atoms with Gasteiger partial charge in [0.05, 0.1) is 5.52 Å². The summed E-state index contributed by atoms with van der Waals surface area (Å²) >= 11 is 5.85. The molecule has 19 heavy (non-hydrogen) atoms. The number of halogens is 1. The molecular weight excluding hydrogens is 256 g/mol. The fraction of sp³-hybridized carbons (Fsp3) is 0.438. The van der Waals surface area contributed by atoms with Crippen LogP contribution >= 0.6 is 11.6 Å². The molecule has 3 heteroatoms. The van der Waals surface area contributed by atoms with Gasteiger partial charge in [0, 0.05) is 24.4 Å². The van der Waals surface area contributed by atoms with Gasteiger partial charge in [-0.15, -0.1) is 11.6 Å². The number of pyridine rings is 1. The van der Waals surface area contributed by atoms with Crippen molar-refractivity contribution in [2.45, 2.75) is 19.8 Å². The van der Waals surface area contributed by atoms with E-state index in [4.69, 9.17) is 16.6 Å². The minimum Gasteiger partial charge on any atom is -0.356 e. The van der Waals surface area contributed by atoms with Crippen LogP contribution in [0.1, 0.15) is 18.4 Å². The standard InChI is InChI=1S/C16H19ClN2/c1-12-10-14-4-2-3-5-15(14)18-16(12)19-9-7-13(11-19)6-8-17/h2-5,10,13H,6-9,11H2,1H3. The van der Waals surface area contributed by atoms with E-state index in [-0.39, 0.29) is 0 Å². The van der Waals surface area contributed by atoms with Crippen molar-refractivity contribution in [3.63, 3.8) is 0 Å². The molecular formula is C16H19ClN2. The van der Waals surface area contributed by atoms with Crippen molar-refractivity contribution >= 4 is 28.3 Å². The van der Waals surface area contributed by atoms with Crippen molar-refractivity contribution in [3.05, 3.63) is 35.9 Å². The van der Waals surface area contributed by atoms with Crippen LogP contribution in [0.3, 0.4) is 0 Å². The van der Waals surface area contributed by atoms with Crippen LogP contribution < -0.4 is 4.90 Å². The lowest BCUT2D eigenvalue weighted by Gasteiger charge is -2.20. The molecule has 100 valence electrons. The van der Waals surface area contributed by atoms with E-state index in [1.807, 2.05) is 0 Å². The predicted molar refractivity (Wildman–Crippen MR) is 82.1 cm³/mol. The van der Waals surface area contributed by atoms with E-state index < -0.39 is 0 Å². The average Bonchev–Trinajstić information content (AvgIpc) is 2.87. The quantitative estimate of drug-likeness (QED) is 0.787. The second-order valence-corrected chi connectivity index (χ2v) is 5.78. The number of aryl methyl sites for hydroxylation is 1. The Kier molecular flexibility index (Phi) is 3.61. The SMILES string of the molecule is Cc1cc2ccccc2nc1N1CCC(CCCl)C1. The first-order chi connectivity index (χ1) is 9.28. The summed E-state index contributed by atoms with van der Waals surface area (Å²) in [5.74, 6) is 2.64. The summed E-state index contributed by atoms with van der Waals surface area (Å²) in [5, 5.41) is 1.22. The Labute approximate surface area is 119 Å². The molecule has 2 nitrogen and oxygen atoms in total. The average molecular weight is 275 g/mol. The highest BCUT2D eigenvalue weighted by molar-refractivity contribution is 6.17. The third-order valence-corrected chi connectivity index (χ3v) is 4.21. The Morgan fingerprint density at radius 2 is 2.21 bits per heavy atom. The van der Waals surface area contributed by atoms with E-state index >= 15 is 0 Å². The van der Waals surface area contributed by atoms with Crippen molar-refractivity contribution < 1.29 is 0 Å². The highest BCUT2D eigenvalue weighted by Gasteiger charge is 2.24. The zero-order chi connectivity index (χ0) is 13.2. The lowest BCUT2D eigenvalue weighted by molar-refractivity contribution is 0.572. The molecule has 1 atom stereocenters. The van der Waals surface area contributed by atoms with Crippen LogP contribution in [0, 0.1) is 12.8 Å². The Balaban J connectivity index is 1.90. The Hall–Kier alpha value is -1.28. The summed E-state index contributed by atoms with van der Waals surface area (Å²) < 4.78 is 0. The predicted octanol–water partition coefficient (Wildman–Crippen LogP) is 4.00. The summed E-state index contributed by atoms with van der Waals surface area (Å²) in [6, 6.07) is 10.6. The maximum absolute atomic E-state index is 5.85. The first-order valence-electron chi connectivity index (χ1n) is 6.95. The van der Waals surface area contributed by atoms with E-state index in [1.165, 1.54) is 17.4 Å². The second-order valence-electron chi connectivity index (χ2n) is 5.40. The third kappa shape index (κ3) is 2.55. The first kappa shape index (κ1) is 12.7. The van der Waals surface area contributed by atoms with Gasteiger partial charge in [-0.3, -0.25) is 0 Å². The Morgan fingerprint density at radius 1 is 1.37 bits per heavy atom. The lowest BCUT2D eigenvalue weighted by atomic mass is 10.1. The minimum atomic E-state index is 0.727. The normalized spacial score (nSPS) is 19.3. The number of anilines is 1. The summed E-state index contributed by atoms with van der Waals surface area (Å²) in [6.07, 6.45) is 2.35. The van der Waals surface area contributed by atoms with Crippen LogP contribution in [-0.2, 0) is 0 Å². The van der Waals surface area contributed by atoms with Crippen LogP contribution in [0.5, 0.6) is 0 Å². The van der Waals surface area contributed by atoms with Gasteiger partial charge in [-0.1, -0.05) is 18.2 Å². The van der Waals surface area contributed by atoms with Gasteiger partial charge in [0.15, 0.2) is 0 Å². The van der Waals surface area contributed by atoms with Crippen molar-refractivity contribution in [2.24, 2.45) is 5.92 Å². The molecule has 1 aromatic carbocycles. The molecule has 1 unspecified atom stereocenters. The Morgan fingerprint density at radius 3 is 3.05 bits per heavy atom. The van der Waals surface area contributed by atoms with Crippen molar-refractivity contribution in [1.82, 2.24) is 4.98 Å². The number of benzene rings is 1. The number of fused-ring (bicyclic) bond motifs is 1. The molecule has 0 spiro atoms. The van der Waals surface area contributed by atoms with E-state index in [0.29, 0.717) is 0 Å². The smallest absolute Gasteiger partial charge is 0.132 e. The maximum atomic E-state index is 5.85. The molecule has 1 fully saturated rings. The number of alkyl halides is 1. The summed E-state index contributed by atoms with van der Waals surface area (Å²) in [6.45, 7) is 4.36. The largest absolute Gasteiger partial charge is 0.356 e. The first-order valence-corrected chi connectivity index (χ1v) is 7.48. The molecule has 1 aromatic heterocycles. The van der Waals surface area contributed by atoms with Gasteiger partial charge in [-0.25, -0.2) is 4.98 Å². The summed E-state index contributed by atoms with van der Waals surface area (Å²) in [5.41, 5.74) is 2.36. The number of aromatic nitrogens is 1. The topological polar surface area (TPSA) is 16.1 Å². The number of hydrogen-bond donors (Lipinski definition) is 0. The monoisotopic (exact) mass is 274 g/mol. The van der Waals surface area contributed by atoms with E-state index in [1.54, 1.807) is 0 Å². The van der Waals surface area contributed by atoms with E-state index in [9.17, 15) is 0 Å². The molecule has 3 rings (SSSR count). The van der Waals surface area contributed by atoms with Crippen LogP contribution in [0.2, 0.25) is 0 Å². The van der Waals surface area contributed by atoms with Gasteiger partial charge in [0.2, 0.25) is 0 Å². The highest BCUT2D eigenvalue weighted by atomic mass is 35.5. The van der Waals surface area contributed by atoms with E-state index in [0.717, 1.165) is 42.6 Å². The Bertz CT molecular complexity index is 582. The second kappa shape index (κ2) is 5.38. The van der Waals surface area contributed by atoms with Gasteiger partial charge < -0.3 is 4.90 Å². The van der Waals surface area contributed by atoms with Crippen LogP contribution in [-0.4, -0.2) is 24.0 Å². The van der Waals surface area contributed by atoms with Gasteiger partial charge in [0.25, 0.3) is 0 Å². The molecule has 0 aliphatic carbocycles. The van der Waals surface area contributed by atoms with Crippen LogP contribution in [0.25, 0.3) is 10.9 Å². The van der Waals surface area contributed by atoms with Gasteiger partial charge in [0.1, 0.15) is 5.82 Å². The molecule has 0 bridgehead atoms. The number of rotatable bonds is 3. The summed E-state index contributed by atoms with van der Waals surface area (Å²) in [7, 11) is 0. The zero-order valence-electron chi connectivity index (χ0n) is 11.3. The summed E-state index contributed by atoms with van der Waals surface area (Å²) in [4.78, 5) is 7.26. The van der Waals surface area contributed by atoms with Crippen molar-refractivity contribution in [3.8, 4) is 0 Å². The van der Waals surface area contributed by atoms with E-state index in [2.05, 4.69) is 42.2 Å². The molecule has 0 saturated carbocycles. The highest BCUT2D eigenvalue weighted by Crippen LogP contribution is 2.29. The lowest BCUT2D eigenvalue weighted by Crippen LogP contribution is -2.22.